The molecule has 0 unspecified atom stereocenters. The van der Waals surface area contributed by atoms with Crippen molar-refractivity contribution in [3.05, 3.63) is 29.6 Å². The lowest BCUT2D eigenvalue weighted by atomic mass is 10.2. The molecule has 0 saturated heterocycles. The number of hydrogen-bond donors (Lipinski definition) is 1. The first-order chi connectivity index (χ1) is 9.17. The van der Waals surface area contributed by atoms with Gasteiger partial charge < -0.3 is 19.7 Å². The fraction of sp³-hybridized carbons (Fsp3) is 0.571. The molecule has 0 spiro atoms. The van der Waals surface area contributed by atoms with E-state index in [4.69, 9.17) is 9.47 Å². The van der Waals surface area contributed by atoms with Gasteiger partial charge in [-0.1, -0.05) is 6.07 Å². The summed E-state index contributed by atoms with van der Waals surface area (Å²) in [4.78, 5) is 2.14. The Labute approximate surface area is 114 Å². The molecule has 0 radical (unpaired) electrons. The fourth-order valence-electron chi connectivity index (χ4n) is 1.77. The number of methoxy groups -OCH3 is 2. The molecule has 0 atom stereocenters. The summed E-state index contributed by atoms with van der Waals surface area (Å²) >= 11 is 0. The van der Waals surface area contributed by atoms with Gasteiger partial charge in [-0.2, -0.15) is 0 Å². The minimum absolute atomic E-state index is 0.285. The molecule has 0 aromatic heterocycles. The van der Waals surface area contributed by atoms with E-state index in [-0.39, 0.29) is 11.6 Å². The van der Waals surface area contributed by atoms with Gasteiger partial charge in [0.1, 0.15) is 0 Å². The van der Waals surface area contributed by atoms with Crippen LogP contribution in [0.15, 0.2) is 18.2 Å². The highest BCUT2D eigenvalue weighted by Crippen LogP contribution is 2.18. The molecule has 4 nitrogen and oxygen atoms in total. The van der Waals surface area contributed by atoms with E-state index in [0.29, 0.717) is 13.2 Å². The number of rotatable bonds is 9. The SMILES string of the molecule is COCCNCCN(C)Cc1ccc(OC)c(F)c1. The molecule has 0 aliphatic carbocycles. The first-order valence-electron chi connectivity index (χ1n) is 6.38. The van der Waals surface area contributed by atoms with E-state index in [2.05, 4.69) is 10.2 Å². The summed E-state index contributed by atoms with van der Waals surface area (Å²) in [5, 5.41) is 3.27. The van der Waals surface area contributed by atoms with Crippen molar-refractivity contribution in [2.45, 2.75) is 6.54 Å². The lowest BCUT2D eigenvalue weighted by molar-refractivity contribution is 0.197. The van der Waals surface area contributed by atoms with Gasteiger partial charge in [-0.25, -0.2) is 4.39 Å². The fourth-order valence-corrected chi connectivity index (χ4v) is 1.77. The summed E-state index contributed by atoms with van der Waals surface area (Å²) in [6.45, 7) is 4.07. The number of hydrogen-bond acceptors (Lipinski definition) is 4. The molecule has 1 aromatic rings. The number of nitrogens with zero attached hydrogens (tertiary/aromatic N) is 1. The molecule has 0 heterocycles. The van der Waals surface area contributed by atoms with E-state index >= 15 is 0 Å². The van der Waals surface area contributed by atoms with Gasteiger partial charge in [0.05, 0.1) is 13.7 Å². The molecule has 108 valence electrons. The van der Waals surface area contributed by atoms with Crippen molar-refractivity contribution in [2.24, 2.45) is 0 Å². The average Bonchev–Trinajstić information content (AvgIpc) is 2.39. The van der Waals surface area contributed by atoms with Crippen LogP contribution in [0.1, 0.15) is 5.56 Å². The molecule has 0 amide bonds. The molecule has 0 aliphatic rings. The van der Waals surface area contributed by atoms with Crippen LogP contribution in [0.4, 0.5) is 4.39 Å². The average molecular weight is 270 g/mol. The van der Waals surface area contributed by atoms with Gasteiger partial charge in [0.15, 0.2) is 11.6 Å². The predicted molar refractivity (Wildman–Crippen MR) is 74.0 cm³/mol. The number of benzene rings is 1. The second kappa shape index (κ2) is 8.85. The van der Waals surface area contributed by atoms with Crippen LogP contribution in [0.5, 0.6) is 5.75 Å². The maximum Gasteiger partial charge on any atom is 0.165 e. The highest BCUT2D eigenvalue weighted by Gasteiger charge is 2.05. The Balaban J connectivity index is 2.31. The predicted octanol–water partition coefficient (Wildman–Crippen LogP) is 1.50. The third-order valence-corrected chi connectivity index (χ3v) is 2.82. The zero-order valence-corrected chi connectivity index (χ0v) is 11.9. The third-order valence-electron chi connectivity index (χ3n) is 2.82. The Morgan fingerprint density at radius 3 is 2.68 bits per heavy atom. The monoisotopic (exact) mass is 270 g/mol. The maximum absolute atomic E-state index is 13.5. The zero-order valence-electron chi connectivity index (χ0n) is 11.9. The lowest BCUT2D eigenvalue weighted by Crippen LogP contribution is -2.30. The standard InChI is InChI=1S/C14H23FN2O2/c1-17(8-6-16-7-9-18-2)11-12-4-5-14(19-3)13(15)10-12/h4-5,10,16H,6-9,11H2,1-3H3. The highest BCUT2D eigenvalue weighted by atomic mass is 19.1. The Hall–Kier alpha value is -1.17. The molecule has 5 heteroatoms. The van der Waals surface area contributed by atoms with E-state index < -0.39 is 0 Å². The van der Waals surface area contributed by atoms with Crippen molar-refractivity contribution in [1.82, 2.24) is 10.2 Å². The molecular weight excluding hydrogens is 247 g/mol. The quantitative estimate of drug-likeness (QED) is 0.690. The van der Waals surface area contributed by atoms with Crippen molar-refractivity contribution >= 4 is 0 Å². The van der Waals surface area contributed by atoms with Crippen LogP contribution in [-0.4, -0.2) is 52.4 Å². The second-order valence-electron chi connectivity index (χ2n) is 4.45. The van der Waals surface area contributed by atoms with Crippen LogP contribution in [-0.2, 0) is 11.3 Å². The van der Waals surface area contributed by atoms with Crippen molar-refractivity contribution in [3.63, 3.8) is 0 Å². The normalized spacial score (nSPS) is 11.0. The lowest BCUT2D eigenvalue weighted by Gasteiger charge is -2.17. The maximum atomic E-state index is 13.5. The summed E-state index contributed by atoms with van der Waals surface area (Å²) in [5.74, 6) is -0.0285. The third kappa shape index (κ3) is 6.00. The summed E-state index contributed by atoms with van der Waals surface area (Å²) in [7, 11) is 5.17. The molecule has 1 rings (SSSR count). The molecule has 1 N–H and O–H groups in total. The Kier molecular flexibility index (Phi) is 7.40. The Morgan fingerprint density at radius 2 is 2.05 bits per heavy atom. The summed E-state index contributed by atoms with van der Waals surface area (Å²) in [6.07, 6.45) is 0. The first-order valence-corrected chi connectivity index (χ1v) is 6.38. The van der Waals surface area contributed by atoms with E-state index in [1.807, 2.05) is 13.1 Å². The van der Waals surface area contributed by atoms with Gasteiger partial charge in [0.25, 0.3) is 0 Å². The molecule has 0 aliphatic heterocycles. The van der Waals surface area contributed by atoms with Crippen LogP contribution in [0.3, 0.4) is 0 Å². The Bertz CT molecular complexity index is 374. The number of halogens is 1. The van der Waals surface area contributed by atoms with E-state index in [1.54, 1.807) is 13.2 Å². The smallest absolute Gasteiger partial charge is 0.165 e. The van der Waals surface area contributed by atoms with Gasteiger partial charge >= 0.3 is 0 Å². The minimum atomic E-state index is -0.313. The van der Waals surface area contributed by atoms with Gasteiger partial charge in [-0.3, -0.25) is 0 Å². The molecule has 0 bridgehead atoms. The Morgan fingerprint density at radius 1 is 1.26 bits per heavy atom. The zero-order chi connectivity index (χ0) is 14.1. The van der Waals surface area contributed by atoms with Crippen LogP contribution >= 0.6 is 0 Å². The van der Waals surface area contributed by atoms with Crippen molar-refractivity contribution in [3.8, 4) is 5.75 Å². The molecular formula is C14H23FN2O2. The summed E-state index contributed by atoms with van der Waals surface area (Å²) in [5.41, 5.74) is 0.942. The molecule has 0 saturated carbocycles. The van der Waals surface area contributed by atoms with Gasteiger partial charge in [-0.15, -0.1) is 0 Å². The van der Waals surface area contributed by atoms with Gasteiger partial charge in [0, 0.05) is 33.3 Å². The van der Waals surface area contributed by atoms with Gasteiger partial charge in [-0.05, 0) is 24.7 Å². The molecule has 0 fully saturated rings. The van der Waals surface area contributed by atoms with Gasteiger partial charge in [0.2, 0.25) is 0 Å². The second-order valence-corrected chi connectivity index (χ2v) is 4.45. The number of ether oxygens (including phenoxy) is 2. The van der Waals surface area contributed by atoms with Crippen LogP contribution in [0.2, 0.25) is 0 Å². The number of nitrogens with one attached hydrogen (secondary N) is 1. The van der Waals surface area contributed by atoms with E-state index in [1.165, 1.54) is 13.2 Å². The van der Waals surface area contributed by atoms with Crippen LogP contribution in [0, 0.1) is 5.82 Å². The molecule has 19 heavy (non-hydrogen) atoms. The number of likely N-dealkylation sites (N-methyl/N-ethyl adjacent to an activating group) is 1. The minimum Gasteiger partial charge on any atom is -0.494 e. The summed E-state index contributed by atoms with van der Waals surface area (Å²) in [6, 6.07) is 5.07. The topological polar surface area (TPSA) is 33.7 Å². The summed E-state index contributed by atoms with van der Waals surface area (Å²) < 4.78 is 23.4. The van der Waals surface area contributed by atoms with E-state index in [0.717, 1.165) is 25.2 Å². The highest BCUT2D eigenvalue weighted by molar-refractivity contribution is 5.29. The van der Waals surface area contributed by atoms with Crippen LogP contribution < -0.4 is 10.1 Å². The van der Waals surface area contributed by atoms with Crippen molar-refractivity contribution in [1.29, 1.82) is 0 Å². The largest absolute Gasteiger partial charge is 0.494 e. The van der Waals surface area contributed by atoms with E-state index in [9.17, 15) is 4.39 Å². The van der Waals surface area contributed by atoms with Crippen molar-refractivity contribution in [2.75, 3.05) is 47.5 Å². The molecule has 1 aromatic carbocycles. The first kappa shape index (κ1) is 15.9. The van der Waals surface area contributed by atoms with Crippen LogP contribution in [0.25, 0.3) is 0 Å². The van der Waals surface area contributed by atoms with Crippen molar-refractivity contribution < 1.29 is 13.9 Å².